The van der Waals surface area contributed by atoms with E-state index in [2.05, 4.69) is 4.99 Å². The van der Waals surface area contributed by atoms with Crippen LogP contribution in [0.5, 0.6) is 0 Å². The molecule has 14 atom stereocenters. The molecule has 12 nitrogen and oxygen atoms in total. The summed E-state index contributed by atoms with van der Waals surface area (Å²) in [6.07, 6.45) is -3.55. The summed E-state index contributed by atoms with van der Waals surface area (Å²) in [5.41, 5.74) is -0.808. The summed E-state index contributed by atoms with van der Waals surface area (Å²) in [5.74, 6) is -3.95. The van der Waals surface area contributed by atoms with Gasteiger partial charge in [-0.2, -0.15) is 0 Å². The van der Waals surface area contributed by atoms with Gasteiger partial charge in [0.1, 0.15) is 17.8 Å². The SMILES string of the molecule is CC[C@@H]1OC(=O)[C@H](C)[C@@H](O)[C@H](C)[C@@H](O[C@@H]2O[C@H](C)C[C@H](N(C)C)[C@H]2O)[C@@]2(C)C[C@@H](C)C(=NC(C)=O)[C@@H](C)[C@H](OC/C(=C/c3ccccc3)CO2)[C@]1(C)O. The van der Waals surface area contributed by atoms with Crippen molar-refractivity contribution in [2.45, 2.75) is 142 Å². The van der Waals surface area contributed by atoms with Gasteiger partial charge in [0, 0.05) is 30.5 Å². The number of hydrogen-bond acceptors (Lipinski definition) is 11. The molecule has 3 heterocycles. The number of rotatable bonds is 5. The number of aliphatic imine (C=N–C) groups is 1. The molecule has 0 unspecified atom stereocenters. The fourth-order valence-electron chi connectivity index (χ4n) is 8.59. The van der Waals surface area contributed by atoms with Gasteiger partial charge in [-0.15, -0.1) is 0 Å². The summed E-state index contributed by atoms with van der Waals surface area (Å²) in [6.45, 7) is 15.9. The van der Waals surface area contributed by atoms with Crippen molar-refractivity contribution in [3.8, 4) is 0 Å². The number of amides is 1. The van der Waals surface area contributed by atoms with Crippen LogP contribution in [0.3, 0.4) is 0 Å². The minimum Gasteiger partial charge on any atom is -0.459 e. The Morgan fingerprint density at radius 2 is 1.70 bits per heavy atom. The molecule has 3 aliphatic rings. The number of nitrogens with zero attached hydrogens (tertiary/aromatic N) is 2. The average Bonchev–Trinajstić information content (AvgIpc) is 3.11. The zero-order valence-electron chi connectivity index (χ0n) is 33.5. The van der Waals surface area contributed by atoms with Gasteiger partial charge in [0.2, 0.25) is 5.91 Å². The summed E-state index contributed by atoms with van der Waals surface area (Å²) in [4.78, 5) is 33.1. The van der Waals surface area contributed by atoms with E-state index >= 15 is 0 Å². The van der Waals surface area contributed by atoms with E-state index < -0.39 is 83.6 Å². The zero-order chi connectivity index (χ0) is 39.4. The lowest BCUT2D eigenvalue weighted by Gasteiger charge is -2.48. The molecule has 3 fully saturated rings. The number of aliphatic hydroxyl groups excluding tert-OH is 2. The van der Waals surface area contributed by atoms with E-state index in [1.165, 1.54) is 6.92 Å². The number of fused-ring (bicyclic) bond motifs is 5. The topological polar surface area (TPSA) is 157 Å². The molecule has 1 amide bonds. The maximum Gasteiger partial charge on any atom is 0.311 e. The van der Waals surface area contributed by atoms with E-state index in [0.717, 1.165) is 11.1 Å². The molecule has 0 aromatic heterocycles. The Morgan fingerprint density at radius 1 is 1.04 bits per heavy atom. The third-order valence-corrected chi connectivity index (χ3v) is 11.5. The summed E-state index contributed by atoms with van der Waals surface area (Å²) >= 11 is 0. The van der Waals surface area contributed by atoms with Crippen molar-refractivity contribution >= 4 is 23.7 Å². The second-order valence-electron chi connectivity index (χ2n) is 16.3. The summed E-state index contributed by atoms with van der Waals surface area (Å²) < 4.78 is 32.8. The standard InChI is InChI=1S/C41H64N2O10/c1-12-32-41(9,48)37-25(4)33(42-28(7)44)23(2)20-40(8,50-22-30(21-49-37)19-29-16-14-13-15-17-29)36(26(5)34(45)27(6)38(47)52-32)53-39-35(46)31(43(10)11)18-24(3)51-39/h13-17,19,23-27,31-32,34-37,39,45-46,48H,12,18,20-22H2,1-11H3/b30-19-,42-33?/t23-,24-,25-,26+,27-,31+,32+,34+,35-,36-,37+,39+,40-,41-/m1/s1. The first kappa shape index (κ1) is 43.2. The van der Waals surface area contributed by atoms with Gasteiger partial charge >= 0.3 is 5.97 Å². The summed E-state index contributed by atoms with van der Waals surface area (Å²) in [6, 6.07) is 9.48. The van der Waals surface area contributed by atoms with Gasteiger partial charge in [0.25, 0.3) is 0 Å². The number of carbonyl (C=O) groups excluding carboxylic acids is 2. The lowest BCUT2D eigenvalue weighted by Crippen LogP contribution is -2.60. The number of esters is 1. The summed E-state index contributed by atoms with van der Waals surface area (Å²) in [5, 5.41) is 36.0. The van der Waals surface area contributed by atoms with Crippen molar-refractivity contribution in [3.05, 3.63) is 41.5 Å². The maximum absolute atomic E-state index is 13.9. The van der Waals surface area contributed by atoms with Crippen LogP contribution < -0.4 is 0 Å². The smallest absolute Gasteiger partial charge is 0.311 e. The van der Waals surface area contributed by atoms with Gasteiger partial charge in [-0.3, -0.25) is 9.59 Å². The van der Waals surface area contributed by atoms with Crippen molar-refractivity contribution in [2.75, 3.05) is 27.3 Å². The van der Waals surface area contributed by atoms with Crippen LogP contribution in [0.1, 0.15) is 87.1 Å². The number of benzene rings is 1. The van der Waals surface area contributed by atoms with Gasteiger partial charge in [-0.05, 0) is 78.1 Å². The molecule has 3 saturated heterocycles. The fourth-order valence-corrected chi connectivity index (χ4v) is 8.59. The molecule has 2 bridgehead atoms. The molecule has 12 heteroatoms. The van der Waals surface area contributed by atoms with E-state index in [9.17, 15) is 24.9 Å². The van der Waals surface area contributed by atoms with Gasteiger partial charge in [0.15, 0.2) is 6.29 Å². The zero-order valence-corrected chi connectivity index (χ0v) is 33.5. The molecule has 0 spiro atoms. The molecular formula is C41H64N2O10. The fraction of sp³-hybridized carbons (Fsp3) is 0.732. The molecule has 53 heavy (non-hydrogen) atoms. The quantitative estimate of drug-likeness (QED) is 0.367. The molecule has 3 N–H and O–H groups in total. The molecule has 0 aliphatic carbocycles. The highest BCUT2D eigenvalue weighted by atomic mass is 16.7. The molecule has 3 aliphatic heterocycles. The van der Waals surface area contributed by atoms with Crippen LogP contribution in [0.4, 0.5) is 0 Å². The van der Waals surface area contributed by atoms with E-state index in [-0.39, 0.29) is 38.2 Å². The van der Waals surface area contributed by atoms with Crippen molar-refractivity contribution < 1.29 is 48.6 Å². The Bertz CT molecular complexity index is 1450. The van der Waals surface area contributed by atoms with Crippen molar-refractivity contribution in [1.29, 1.82) is 0 Å². The van der Waals surface area contributed by atoms with Crippen LogP contribution in [0.15, 0.2) is 40.9 Å². The molecule has 1 aromatic carbocycles. The molecule has 0 saturated carbocycles. The largest absolute Gasteiger partial charge is 0.459 e. The Kier molecular flexibility index (Phi) is 14.6. The highest BCUT2D eigenvalue weighted by Gasteiger charge is 2.53. The summed E-state index contributed by atoms with van der Waals surface area (Å²) in [7, 11) is 3.79. The second kappa shape index (κ2) is 17.9. The molecule has 1 aromatic rings. The normalized spacial score (nSPS) is 42.4. The molecule has 0 radical (unpaired) electrons. The average molecular weight is 745 g/mol. The van der Waals surface area contributed by atoms with Crippen LogP contribution in [-0.2, 0) is 33.3 Å². The first-order chi connectivity index (χ1) is 24.8. The molecule has 298 valence electrons. The first-order valence-corrected chi connectivity index (χ1v) is 19.2. The van der Waals surface area contributed by atoms with E-state index in [4.69, 9.17) is 23.7 Å². The highest BCUT2D eigenvalue weighted by molar-refractivity contribution is 5.97. The van der Waals surface area contributed by atoms with Crippen molar-refractivity contribution in [2.24, 2.45) is 28.7 Å². The third-order valence-electron chi connectivity index (χ3n) is 11.5. The van der Waals surface area contributed by atoms with Crippen LogP contribution >= 0.6 is 0 Å². The Labute approximate surface area is 315 Å². The second-order valence-corrected chi connectivity index (χ2v) is 16.3. The maximum atomic E-state index is 13.9. The van der Waals surface area contributed by atoms with Crippen molar-refractivity contribution in [3.63, 3.8) is 0 Å². The van der Waals surface area contributed by atoms with Gasteiger partial charge in [0.05, 0.1) is 49.1 Å². The Hall–Kier alpha value is -2.55. The minimum absolute atomic E-state index is 0.0365. The lowest BCUT2D eigenvalue weighted by molar-refractivity contribution is -0.302. The van der Waals surface area contributed by atoms with Gasteiger partial charge < -0.3 is 43.9 Å². The Balaban J connectivity index is 1.99. The van der Waals surface area contributed by atoms with E-state index in [1.807, 2.05) is 90.0 Å². The number of likely N-dealkylation sites (N-methyl/N-ethyl adjacent to an activating group) is 1. The van der Waals surface area contributed by atoms with Crippen molar-refractivity contribution in [1.82, 2.24) is 4.90 Å². The highest BCUT2D eigenvalue weighted by Crippen LogP contribution is 2.41. The number of aliphatic hydroxyl groups is 3. The molecule has 4 rings (SSSR count). The Morgan fingerprint density at radius 3 is 2.30 bits per heavy atom. The van der Waals surface area contributed by atoms with E-state index in [0.29, 0.717) is 12.1 Å². The number of ether oxygens (including phenoxy) is 5. The van der Waals surface area contributed by atoms with Crippen LogP contribution in [0.2, 0.25) is 0 Å². The van der Waals surface area contributed by atoms with Crippen LogP contribution in [0, 0.1) is 23.7 Å². The van der Waals surface area contributed by atoms with E-state index in [1.54, 1.807) is 20.8 Å². The number of hydrogen-bond donors (Lipinski definition) is 3. The number of carbonyl (C=O) groups is 2. The lowest BCUT2D eigenvalue weighted by atomic mass is 9.73. The predicted molar refractivity (Wildman–Crippen MR) is 202 cm³/mol. The van der Waals surface area contributed by atoms with Crippen LogP contribution in [-0.4, -0.2) is 125 Å². The number of cyclic esters (lactones) is 1. The predicted octanol–water partition coefficient (Wildman–Crippen LogP) is 4.42. The minimum atomic E-state index is -1.74. The van der Waals surface area contributed by atoms with Gasteiger partial charge in [-0.1, -0.05) is 64.1 Å². The monoisotopic (exact) mass is 744 g/mol. The first-order valence-electron chi connectivity index (χ1n) is 19.2. The third kappa shape index (κ3) is 10.0. The molecular weight excluding hydrogens is 680 g/mol. The van der Waals surface area contributed by atoms with Crippen LogP contribution in [0.25, 0.3) is 6.08 Å². The van der Waals surface area contributed by atoms with Gasteiger partial charge in [-0.25, -0.2) is 4.99 Å².